The van der Waals surface area contributed by atoms with Gasteiger partial charge in [0.1, 0.15) is 5.69 Å². The molecule has 0 fully saturated rings. The molecule has 0 saturated carbocycles. The standard InChI is InChI=1S/C6H7ClN2/c1-3-6-5(7)4-9(2)8-6/h3-4H,1H2,2H3. The second-order valence-corrected chi connectivity index (χ2v) is 2.15. The molecule has 1 aromatic heterocycles. The molecule has 1 heterocycles. The third kappa shape index (κ3) is 1.13. The van der Waals surface area contributed by atoms with Crippen LogP contribution in [0.2, 0.25) is 5.02 Å². The minimum Gasteiger partial charge on any atom is -0.274 e. The van der Waals surface area contributed by atoms with Gasteiger partial charge >= 0.3 is 0 Å². The lowest BCUT2D eigenvalue weighted by Crippen LogP contribution is -1.86. The van der Waals surface area contributed by atoms with Crippen molar-refractivity contribution in [1.29, 1.82) is 0 Å². The third-order valence-electron chi connectivity index (χ3n) is 1.00. The lowest BCUT2D eigenvalue weighted by molar-refractivity contribution is 0.764. The molecule has 1 aromatic rings. The molecule has 0 amide bonds. The second kappa shape index (κ2) is 2.23. The number of nitrogens with zero attached hydrogens (tertiary/aromatic N) is 2. The van der Waals surface area contributed by atoms with Crippen LogP contribution in [-0.2, 0) is 7.05 Å². The van der Waals surface area contributed by atoms with Gasteiger partial charge in [0.15, 0.2) is 0 Å². The van der Waals surface area contributed by atoms with Gasteiger partial charge in [0.25, 0.3) is 0 Å². The maximum atomic E-state index is 5.69. The van der Waals surface area contributed by atoms with Crippen LogP contribution in [-0.4, -0.2) is 9.78 Å². The summed E-state index contributed by atoms with van der Waals surface area (Å²) in [6.07, 6.45) is 3.36. The number of hydrogen-bond acceptors (Lipinski definition) is 1. The molecular formula is C6H7ClN2. The first-order valence-corrected chi connectivity index (χ1v) is 2.93. The quantitative estimate of drug-likeness (QED) is 0.584. The summed E-state index contributed by atoms with van der Waals surface area (Å²) in [6, 6.07) is 0. The Labute approximate surface area is 58.7 Å². The Bertz CT molecular complexity index is 227. The molecular weight excluding hydrogens is 136 g/mol. The van der Waals surface area contributed by atoms with Crippen molar-refractivity contribution in [3.05, 3.63) is 23.5 Å². The van der Waals surface area contributed by atoms with Crippen LogP contribution in [0.5, 0.6) is 0 Å². The van der Waals surface area contributed by atoms with E-state index in [0.29, 0.717) is 5.02 Å². The lowest BCUT2D eigenvalue weighted by Gasteiger charge is -1.80. The molecule has 0 aliphatic heterocycles. The molecule has 0 radical (unpaired) electrons. The maximum Gasteiger partial charge on any atom is 0.103 e. The van der Waals surface area contributed by atoms with Crippen molar-refractivity contribution in [3.8, 4) is 0 Å². The Balaban J connectivity index is 3.15. The van der Waals surface area contributed by atoms with Gasteiger partial charge in [-0.3, -0.25) is 4.68 Å². The van der Waals surface area contributed by atoms with E-state index in [4.69, 9.17) is 11.6 Å². The number of hydrogen-bond donors (Lipinski definition) is 0. The Morgan fingerprint density at radius 3 is 2.78 bits per heavy atom. The SMILES string of the molecule is C=Cc1nn(C)cc1Cl. The van der Waals surface area contributed by atoms with E-state index in [1.807, 2.05) is 7.05 Å². The van der Waals surface area contributed by atoms with Crippen LogP contribution < -0.4 is 0 Å². The fourth-order valence-corrected chi connectivity index (χ4v) is 0.871. The largest absolute Gasteiger partial charge is 0.274 e. The summed E-state index contributed by atoms with van der Waals surface area (Å²) in [5.74, 6) is 0. The van der Waals surface area contributed by atoms with E-state index < -0.39 is 0 Å². The van der Waals surface area contributed by atoms with Crippen LogP contribution in [0.1, 0.15) is 5.69 Å². The van der Waals surface area contributed by atoms with E-state index in [1.54, 1.807) is 17.0 Å². The first-order chi connectivity index (χ1) is 4.24. The highest BCUT2D eigenvalue weighted by molar-refractivity contribution is 6.31. The average Bonchev–Trinajstić information content (AvgIpc) is 2.10. The topological polar surface area (TPSA) is 17.8 Å². The monoisotopic (exact) mass is 142 g/mol. The zero-order valence-electron chi connectivity index (χ0n) is 5.13. The number of halogens is 1. The van der Waals surface area contributed by atoms with Gasteiger partial charge in [-0.05, 0) is 6.08 Å². The van der Waals surface area contributed by atoms with Crippen molar-refractivity contribution in [1.82, 2.24) is 9.78 Å². The van der Waals surface area contributed by atoms with Crippen LogP contribution in [0.25, 0.3) is 6.08 Å². The zero-order valence-corrected chi connectivity index (χ0v) is 5.89. The Morgan fingerprint density at radius 2 is 2.56 bits per heavy atom. The van der Waals surface area contributed by atoms with E-state index in [-0.39, 0.29) is 0 Å². The van der Waals surface area contributed by atoms with Crippen LogP contribution in [0.4, 0.5) is 0 Å². The van der Waals surface area contributed by atoms with Crippen LogP contribution in [0.3, 0.4) is 0 Å². The van der Waals surface area contributed by atoms with Gasteiger partial charge in [-0.25, -0.2) is 0 Å². The molecule has 0 aliphatic carbocycles. The highest BCUT2D eigenvalue weighted by atomic mass is 35.5. The van der Waals surface area contributed by atoms with Gasteiger partial charge in [0, 0.05) is 13.2 Å². The van der Waals surface area contributed by atoms with Crippen LogP contribution in [0, 0.1) is 0 Å². The van der Waals surface area contributed by atoms with E-state index in [2.05, 4.69) is 11.7 Å². The Kier molecular flexibility index (Phi) is 1.58. The van der Waals surface area contributed by atoms with E-state index in [9.17, 15) is 0 Å². The van der Waals surface area contributed by atoms with E-state index >= 15 is 0 Å². The summed E-state index contributed by atoms with van der Waals surface area (Å²) >= 11 is 5.69. The first kappa shape index (κ1) is 6.36. The Morgan fingerprint density at radius 1 is 1.89 bits per heavy atom. The molecule has 0 N–H and O–H groups in total. The fourth-order valence-electron chi connectivity index (χ4n) is 0.615. The van der Waals surface area contributed by atoms with E-state index in [0.717, 1.165) is 5.69 Å². The predicted octanol–water partition coefficient (Wildman–Crippen LogP) is 1.72. The summed E-state index contributed by atoms with van der Waals surface area (Å²) in [4.78, 5) is 0. The minimum atomic E-state index is 0.646. The normalized spacial score (nSPS) is 9.56. The molecule has 0 atom stereocenters. The van der Waals surface area contributed by atoms with Gasteiger partial charge in [-0.15, -0.1) is 0 Å². The summed E-state index contributed by atoms with van der Waals surface area (Å²) < 4.78 is 1.65. The predicted molar refractivity (Wildman–Crippen MR) is 38.3 cm³/mol. The van der Waals surface area contributed by atoms with Crippen molar-refractivity contribution < 1.29 is 0 Å². The first-order valence-electron chi connectivity index (χ1n) is 2.55. The van der Waals surface area contributed by atoms with Crippen LogP contribution in [0.15, 0.2) is 12.8 Å². The molecule has 0 spiro atoms. The van der Waals surface area contributed by atoms with Crippen molar-refractivity contribution in [2.24, 2.45) is 7.05 Å². The summed E-state index contributed by atoms with van der Waals surface area (Å²) in [6.45, 7) is 3.54. The fraction of sp³-hybridized carbons (Fsp3) is 0.167. The number of aryl methyl sites for hydroxylation is 1. The molecule has 0 bridgehead atoms. The van der Waals surface area contributed by atoms with Crippen molar-refractivity contribution in [3.63, 3.8) is 0 Å². The third-order valence-corrected chi connectivity index (χ3v) is 1.29. The lowest BCUT2D eigenvalue weighted by atomic mass is 10.4. The average molecular weight is 143 g/mol. The van der Waals surface area contributed by atoms with Gasteiger partial charge in [0.2, 0.25) is 0 Å². The molecule has 1 rings (SSSR count). The highest BCUT2D eigenvalue weighted by Gasteiger charge is 1.97. The van der Waals surface area contributed by atoms with Crippen molar-refractivity contribution >= 4 is 17.7 Å². The molecule has 9 heavy (non-hydrogen) atoms. The highest BCUT2D eigenvalue weighted by Crippen LogP contribution is 2.12. The van der Waals surface area contributed by atoms with E-state index in [1.165, 1.54) is 0 Å². The van der Waals surface area contributed by atoms with Gasteiger partial charge in [-0.1, -0.05) is 18.2 Å². The molecule has 48 valence electrons. The molecule has 0 aliphatic rings. The summed E-state index contributed by atoms with van der Waals surface area (Å²) in [5.41, 5.74) is 0.735. The van der Waals surface area contributed by atoms with Crippen molar-refractivity contribution in [2.75, 3.05) is 0 Å². The second-order valence-electron chi connectivity index (χ2n) is 1.74. The number of rotatable bonds is 1. The van der Waals surface area contributed by atoms with Gasteiger partial charge in [-0.2, -0.15) is 5.10 Å². The summed E-state index contributed by atoms with van der Waals surface area (Å²) in [5, 5.41) is 4.64. The van der Waals surface area contributed by atoms with Crippen molar-refractivity contribution in [2.45, 2.75) is 0 Å². The molecule has 0 saturated heterocycles. The van der Waals surface area contributed by atoms with Crippen LogP contribution >= 0.6 is 11.6 Å². The molecule has 0 unspecified atom stereocenters. The maximum absolute atomic E-state index is 5.69. The van der Waals surface area contributed by atoms with Gasteiger partial charge in [0.05, 0.1) is 5.02 Å². The van der Waals surface area contributed by atoms with Gasteiger partial charge < -0.3 is 0 Å². The summed E-state index contributed by atoms with van der Waals surface area (Å²) in [7, 11) is 1.82. The molecule has 3 heteroatoms. The minimum absolute atomic E-state index is 0.646. The molecule has 0 aromatic carbocycles. The zero-order chi connectivity index (χ0) is 6.85. The smallest absolute Gasteiger partial charge is 0.103 e. The Hall–Kier alpha value is -0.760. The molecule has 2 nitrogen and oxygen atoms in total. The number of aromatic nitrogens is 2.